The third kappa shape index (κ3) is 3.52. The molecule has 0 atom stereocenters. The van der Waals surface area contributed by atoms with Crippen molar-refractivity contribution in [2.24, 2.45) is 0 Å². The first kappa shape index (κ1) is 19.4. The van der Waals surface area contributed by atoms with E-state index in [2.05, 4.69) is 0 Å². The molecule has 0 aromatic heterocycles. The summed E-state index contributed by atoms with van der Waals surface area (Å²) in [5, 5.41) is 30.2. The Morgan fingerprint density at radius 3 is 2.04 bits per heavy atom. The van der Waals surface area contributed by atoms with Gasteiger partial charge in [-0.25, -0.2) is 13.2 Å². The Morgan fingerprint density at radius 2 is 1.62 bits per heavy atom. The lowest BCUT2D eigenvalue weighted by atomic mass is 9.85. The second-order valence-electron chi connectivity index (χ2n) is 6.68. The molecule has 138 valence electrons. The van der Waals surface area contributed by atoms with E-state index in [1.165, 1.54) is 6.07 Å². The number of benzene rings is 2. The molecular weight excluding hydrogens is 362 g/mol. The topological polar surface area (TPSA) is 135 Å². The van der Waals surface area contributed by atoms with Gasteiger partial charge in [0.05, 0.1) is 14.7 Å². The van der Waals surface area contributed by atoms with Crippen LogP contribution < -0.4 is 0 Å². The molecule has 8 nitrogen and oxygen atoms in total. The standard InChI is InChI=1S/C17H17NO7S/c1-17(2,3)14-9-12(8-13(15(14)19)16(20)21)26(24,25)11-6-4-10(5-7-11)18(22)23/h4-9,19H,1-3H3,(H,20,21). The number of nitro benzene ring substituents is 1. The van der Waals surface area contributed by atoms with Crippen molar-refractivity contribution < 1.29 is 28.3 Å². The zero-order valence-electron chi connectivity index (χ0n) is 14.3. The number of aromatic carboxylic acids is 1. The van der Waals surface area contributed by atoms with Crippen molar-refractivity contribution in [1.82, 2.24) is 0 Å². The maximum absolute atomic E-state index is 12.8. The number of nitro groups is 1. The number of phenols is 1. The van der Waals surface area contributed by atoms with Crippen LogP contribution in [0.25, 0.3) is 0 Å². The molecule has 0 aliphatic carbocycles. The van der Waals surface area contributed by atoms with Crippen LogP contribution in [0.15, 0.2) is 46.2 Å². The van der Waals surface area contributed by atoms with E-state index in [1.54, 1.807) is 20.8 Å². The van der Waals surface area contributed by atoms with Crippen LogP contribution in [-0.2, 0) is 15.3 Å². The van der Waals surface area contributed by atoms with Crippen molar-refractivity contribution in [2.75, 3.05) is 0 Å². The lowest BCUT2D eigenvalue weighted by Crippen LogP contribution is -2.15. The van der Waals surface area contributed by atoms with E-state index in [1.807, 2.05) is 0 Å². The normalized spacial score (nSPS) is 12.0. The fraction of sp³-hybridized carbons (Fsp3) is 0.235. The van der Waals surface area contributed by atoms with Crippen LogP contribution in [-0.4, -0.2) is 29.5 Å². The molecule has 0 radical (unpaired) electrons. The number of nitrogens with zero attached hydrogens (tertiary/aromatic N) is 1. The average Bonchev–Trinajstić information content (AvgIpc) is 2.53. The van der Waals surface area contributed by atoms with Crippen LogP contribution in [0.4, 0.5) is 5.69 Å². The molecule has 0 aliphatic rings. The first-order chi connectivity index (χ1) is 11.9. The van der Waals surface area contributed by atoms with Crippen LogP contribution in [0.3, 0.4) is 0 Å². The summed E-state index contributed by atoms with van der Waals surface area (Å²) in [6.07, 6.45) is 0. The van der Waals surface area contributed by atoms with Crippen LogP contribution in [0.5, 0.6) is 5.75 Å². The number of hydrogen-bond acceptors (Lipinski definition) is 6. The highest BCUT2D eigenvalue weighted by molar-refractivity contribution is 7.91. The van der Waals surface area contributed by atoms with Crippen molar-refractivity contribution in [3.05, 3.63) is 57.6 Å². The van der Waals surface area contributed by atoms with Gasteiger partial charge in [-0.2, -0.15) is 0 Å². The number of rotatable bonds is 4. The minimum absolute atomic E-state index is 0.165. The summed E-state index contributed by atoms with van der Waals surface area (Å²) in [7, 11) is -4.13. The molecule has 9 heteroatoms. The van der Waals surface area contributed by atoms with Gasteiger partial charge in [0.25, 0.3) is 5.69 Å². The summed E-state index contributed by atoms with van der Waals surface area (Å²) < 4.78 is 25.7. The largest absolute Gasteiger partial charge is 0.507 e. The molecule has 0 aliphatic heterocycles. The van der Waals surface area contributed by atoms with Gasteiger partial charge in [-0.05, 0) is 29.7 Å². The summed E-state index contributed by atoms with van der Waals surface area (Å²) in [4.78, 5) is 20.9. The van der Waals surface area contributed by atoms with Crippen molar-refractivity contribution in [2.45, 2.75) is 36.0 Å². The molecule has 0 heterocycles. The summed E-state index contributed by atoms with van der Waals surface area (Å²) in [5.41, 5.74) is -1.35. The Morgan fingerprint density at radius 1 is 1.08 bits per heavy atom. The van der Waals surface area contributed by atoms with Gasteiger partial charge in [-0.1, -0.05) is 20.8 Å². The Bertz CT molecular complexity index is 987. The smallest absolute Gasteiger partial charge is 0.339 e. The first-order valence-corrected chi connectivity index (χ1v) is 8.94. The quantitative estimate of drug-likeness (QED) is 0.615. The third-order valence-corrected chi connectivity index (χ3v) is 5.54. The molecule has 2 N–H and O–H groups in total. The van der Waals surface area contributed by atoms with Gasteiger partial charge in [-0.3, -0.25) is 10.1 Å². The molecule has 0 unspecified atom stereocenters. The van der Waals surface area contributed by atoms with Crippen molar-refractivity contribution in [3.63, 3.8) is 0 Å². The number of aromatic hydroxyl groups is 1. The minimum atomic E-state index is -4.13. The molecule has 0 saturated heterocycles. The van der Waals surface area contributed by atoms with E-state index in [4.69, 9.17) is 0 Å². The second kappa shape index (κ2) is 6.41. The van der Waals surface area contributed by atoms with Gasteiger partial charge in [0, 0.05) is 17.7 Å². The second-order valence-corrected chi connectivity index (χ2v) is 8.63. The summed E-state index contributed by atoms with van der Waals surface area (Å²) >= 11 is 0. The van der Waals surface area contributed by atoms with Crippen LogP contribution >= 0.6 is 0 Å². The Hall–Kier alpha value is -2.94. The maximum atomic E-state index is 12.8. The summed E-state index contributed by atoms with van der Waals surface area (Å²) in [5.74, 6) is -1.96. The van der Waals surface area contributed by atoms with Gasteiger partial charge in [0.15, 0.2) is 0 Å². The van der Waals surface area contributed by atoms with E-state index in [-0.39, 0.29) is 21.0 Å². The number of sulfone groups is 1. The third-order valence-electron chi connectivity index (χ3n) is 3.79. The zero-order valence-corrected chi connectivity index (χ0v) is 15.1. The Kier molecular flexibility index (Phi) is 4.78. The van der Waals surface area contributed by atoms with E-state index < -0.39 is 37.5 Å². The van der Waals surface area contributed by atoms with Crippen LogP contribution in [0.1, 0.15) is 36.7 Å². The highest BCUT2D eigenvalue weighted by atomic mass is 32.2. The van der Waals surface area contributed by atoms with E-state index >= 15 is 0 Å². The predicted octanol–water partition coefficient (Wildman–Crippen LogP) is 3.13. The highest BCUT2D eigenvalue weighted by Gasteiger charge is 2.28. The predicted molar refractivity (Wildman–Crippen MR) is 92.3 cm³/mol. The van der Waals surface area contributed by atoms with Crippen molar-refractivity contribution in [1.29, 1.82) is 0 Å². The molecule has 2 aromatic rings. The van der Waals surface area contributed by atoms with Gasteiger partial charge >= 0.3 is 5.97 Å². The number of non-ortho nitro benzene ring substituents is 1. The lowest BCUT2D eigenvalue weighted by molar-refractivity contribution is -0.384. The molecule has 0 saturated carbocycles. The zero-order chi connectivity index (χ0) is 19.9. The van der Waals surface area contributed by atoms with Gasteiger partial charge in [0.1, 0.15) is 11.3 Å². The van der Waals surface area contributed by atoms with Gasteiger partial charge in [-0.15, -0.1) is 0 Å². The average molecular weight is 379 g/mol. The minimum Gasteiger partial charge on any atom is -0.507 e. The van der Waals surface area contributed by atoms with E-state index in [0.29, 0.717) is 0 Å². The monoisotopic (exact) mass is 379 g/mol. The number of carbonyl (C=O) groups is 1. The van der Waals surface area contributed by atoms with Crippen molar-refractivity contribution >= 4 is 21.5 Å². The van der Waals surface area contributed by atoms with Crippen LogP contribution in [0, 0.1) is 10.1 Å². The molecule has 2 rings (SSSR count). The first-order valence-electron chi connectivity index (χ1n) is 7.46. The highest BCUT2D eigenvalue weighted by Crippen LogP contribution is 2.37. The molecule has 0 fully saturated rings. The molecule has 0 spiro atoms. The molecule has 26 heavy (non-hydrogen) atoms. The fourth-order valence-corrected chi connectivity index (χ4v) is 3.69. The van der Waals surface area contributed by atoms with Gasteiger partial charge in [0.2, 0.25) is 9.84 Å². The lowest BCUT2D eigenvalue weighted by Gasteiger charge is -2.22. The molecule has 2 aromatic carbocycles. The van der Waals surface area contributed by atoms with Gasteiger partial charge < -0.3 is 10.2 Å². The molecule has 0 amide bonds. The number of hydrogen-bond donors (Lipinski definition) is 2. The fourth-order valence-electron chi connectivity index (χ4n) is 2.38. The number of carboxylic acids is 1. The number of carboxylic acid groups (broad SMARTS) is 1. The Balaban J connectivity index is 2.71. The van der Waals surface area contributed by atoms with Crippen molar-refractivity contribution in [3.8, 4) is 5.75 Å². The summed E-state index contributed by atoms with van der Waals surface area (Å²) in [6.45, 7) is 5.11. The maximum Gasteiger partial charge on any atom is 0.339 e. The van der Waals surface area contributed by atoms with E-state index in [9.17, 15) is 33.5 Å². The summed E-state index contributed by atoms with van der Waals surface area (Å²) in [6, 6.07) is 6.36. The van der Waals surface area contributed by atoms with Crippen LogP contribution in [0.2, 0.25) is 0 Å². The SMILES string of the molecule is CC(C)(C)c1cc(S(=O)(=O)c2ccc([N+](=O)[O-])cc2)cc(C(=O)O)c1O. The van der Waals surface area contributed by atoms with E-state index in [0.717, 1.165) is 30.3 Å². The molecule has 0 bridgehead atoms. The molecular formula is C17H17NO7S. The Labute approximate surface area is 149 Å².